The smallest absolute Gasteiger partial charge is 0.124 e. The second-order valence-electron chi connectivity index (χ2n) is 2.08. The van der Waals surface area contributed by atoms with Crippen LogP contribution in [0.4, 0.5) is 8.78 Å². The summed E-state index contributed by atoms with van der Waals surface area (Å²) < 4.78 is 24.2. The zero-order valence-electron chi connectivity index (χ0n) is 5.83. The lowest BCUT2D eigenvalue weighted by molar-refractivity contribution is 0.609. The number of rotatable bonds is 1. The van der Waals surface area contributed by atoms with E-state index in [0.29, 0.717) is 5.57 Å². The summed E-state index contributed by atoms with van der Waals surface area (Å²) in [5, 5.41) is 0. The van der Waals surface area contributed by atoms with E-state index < -0.39 is 11.7 Å². The molecule has 0 N–H and O–H groups in total. The SMILES string of the molecule is CC(F)=CC(F)=C(C)C. The van der Waals surface area contributed by atoms with Gasteiger partial charge in [-0.05, 0) is 26.3 Å². The maximum atomic E-state index is 12.3. The van der Waals surface area contributed by atoms with E-state index in [4.69, 9.17) is 0 Å². The molecule has 0 amide bonds. The molecule has 0 heterocycles. The number of halogens is 2. The molecule has 0 aromatic rings. The Balaban J connectivity index is 4.25. The Hall–Kier alpha value is -0.660. The molecule has 9 heavy (non-hydrogen) atoms. The third-order valence-electron chi connectivity index (χ3n) is 0.803. The molecule has 0 rings (SSSR count). The lowest BCUT2D eigenvalue weighted by Gasteiger charge is -1.89. The van der Waals surface area contributed by atoms with Crippen LogP contribution in [-0.4, -0.2) is 0 Å². The Morgan fingerprint density at radius 1 is 1.11 bits per heavy atom. The molecule has 0 aromatic carbocycles. The third-order valence-corrected chi connectivity index (χ3v) is 0.803. The van der Waals surface area contributed by atoms with Crippen molar-refractivity contribution in [1.29, 1.82) is 0 Å². The summed E-state index contributed by atoms with van der Waals surface area (Å²) in [4.78, 5) is 0. The van der Waals surface area contributed by atoms with Crippen LogP contribution in [0.3, 0.4) is 0 Å². The second-order valence-corrected chi connectivity index (χ2v) is 2.08. The van der Waals surface area contributed by atoms with Gasteiger partial charge >= 0.3 is 0 Å². The lowest BCUT2D eigenvalue weighted by atomic mass is 10.3. The third kappa shape index (κ3) is 3.88. The van der Waals surface area contributed by atoms with Crippen LogP contribution in [0.5, 0.6) is 0 Å². The van der Waals surface area contributed by atoms with E-state index in [9.17, 15) is 8.78 Å². The predicted octanol–water partition coefficient (Wildman–Crippen LogP) is 3.12. The molecular formula is C7H10F2. The van der Waals surface area contributed by atoms with Crippen molar-refractivity contribution in [3.63, 3.8) is 0 Å². The molecular weight excluding hydrogens is 122 g/mol. The molecule has 0 aliphatic carbocycles. The van der Waals surface area contributed by atoms with Crippen molar-refractivity contribution < 1.29 is 8.78 Å². The first kappa shape index (κ1) is 8.34. The van der Waals surface area contributed by atoms with Gasteiger partial charge in [0, 0.05) is 6.08 Å². The zero-order chi connectivity index (χ0) is 7.44. The summed E-state index contributed by atoms with van der Waals surface area (Å²) in [6.07, 6.45) is 0.870. The summed E-state index contributed by atoms with van der Waals surface area (Å²) in [7, 11) is 0. The first-order valence-electron chi connectivity index (χ1n) is 2.71. The largest absolute Gasteiger partial charge is 0.212 e. The van der Waals surface area contributed by atoms with Crippen molar-refractivity contribution >= 4 is 0 Å². The minimum atomic E-state index is -0.506. The molecule has 0 radical (unpaired) electrons. The number of allylic oxidation sites excluding steroid dienone is 4. The average molecular weight is 132 g/mol. The highest BCUT2D eigenvalue weighted by Crippen LogP contribution is 2.09. The van der Waals surface area contributed by atoms with Crippen molar-refractivity contribution in [2.75, 3.05) is 0 Å². The Morgan fingerprint density at radius 3 is 1.67 bits per heavy atom. The molecule has 0 spiro atoms. The van der Waals surface area contributed by atoms with Gasteiger partial charge in [-0.25, -0.2) is 8.78 Å². The van der Waals surface area contributed by atoms with E-state index in [1.165, 1.54) is 6.92 Å². The minimum Gasteiger partial charge on any atom is -0.212 e. The average Bonchev–Trinajstić information content (AvgIpc) is 1.63. The Labute approximate surface area is 53.9 Å². The Kier molecular flexibility index (Phi) is 3.13. The molecule has 0 bridgehead atoms. The first-order chi connectivity index (χ1) is 4.04. The van der Waals surface area contributed by atoms with Crippen LogP contribution >= 0.6 is 0 Å². The normalized spacial score (nSPS) is 11.4. The summed E-state index contributed by atoms with van der Waals surface area (Å²) >= 11 is 0. The fourth-order valence-electron chi connectivity index (χ4n) is 0.319. The van der Waals surface area contributed by atoms with Crippen LogP contribution in [0, 0.1) is 0 Å². The summed E-state index contributed by atoms with van der Waals surface area (Å²) in [6.45, 7) is 4.39. The summed E-state index contributed by atoms with van der Waals surface area (Å²) in [5.41, 5.74) is 0.493. The van der Waals surface area contributed by atoms with Crippen molar-refractivity contribution in [2.24, 2.45) is 0 Å². The molecule has 0 aromatic heterocycles. The van der Waals surface area contributed by atoms with Crippen molar-refractivity contribution in [1.82, 2.24) is 0 Å². The van der Waals surface area contributed by atoms with Gasteiger partial charge in [0.15, 0.2) is 0 Å². The molecule has 52 valence electrons. The quantitative estimate of drug-likeness (QED) is 0.481. The molecule has 0 nitrogen and oxygen atoms in total. The highest BCUT2D eigenvalue weighted by molar-refractivity contribution is 5.17. The minimum absolute atomic E-state index is 0.491. The summed E-state index contributed by atoms with van der Waals surface area (Å²) in [5.74, 6) is -0.997. The van der Waals surface area contributed by atoms with E-state index in [2.05, 4.69) is 0 Å². The van der Waals surface area contributed by atoms with Crippen molar-refractivity contribution in [3.8, 4) is 0 Å². The highest BCUT2D eigenvalue weighted by atomic mass is 19.1. The highest BCUT2D eigenvalue weighted by Gasteiger charge is 1.91. The predicted molar refractivity (Wildman–Crippen MR) is 34.3 cm³/mol. The number of hydrogen-bond donors (Lipinski definition) is 0. The molecule has 0 unspecified atom stereocenters. The Bertz CT molecular complexity index is 146. The van der Waals surface area contributed by atoms with Crippen LogP contribution in [0.1, 0.15) is 20.8 Å². The van der Waals surface area contributed by atoms with Gasteiger partial charge in [0.25, 0.3) is 0 Å². The molecule has 0 saturated carbocycles. The number of hydrogen-bond acceptors (Lipinski definition) is 0. The van der Waals surface area contributed by atoms with Gasteiger partial charge in [0.05, 0.1) is 5.83 Å². The van der Waals surface area contributed by atoms with Crippen LogP contribution < -0.4 is 0 Å². The molecule has 2 heteroatoms. The van der Waals surface area contributed by atoms with E-state index in [1.54, 1.807) is 13.8 Å². The maximum absolute atomic E-state index is 12.3. The van der Waals surface area contributed by atoms with Gasteiger partial charge in [-0.15, -0.1) is 0 Å². The van der Waals surface area contributed by atoms with Gasteiger partial charge in [-0.1, -0.05) is 0 Å². The van der Waals surface area contributed by atoms with E-state index in [0.717, 1.165) is 6.08 Å². The van der Waals surface area contributed by atoms with Gasteiger partial charge in [-0.3, -0.25) is 0 Å². The summed E-state index contributed by atoms with van der Waals surface area (Å²) in [6, 6.07) is 0. The molecule has 0 aliphatic heterocycles. The lowest BCUT2D eigenvalue weighted by Crippen LogP contribution is -1.71. The fourth-order valence-corrected chi connectivity index (χ4v) is 0.319. The van der Waals surface area contributed by atoms with Gasteiger partial charge in [0.2, 0.25) is 0 Å². The van der Waals surface area contributed by atoms with E-state index in [-0.39, 0.29) is 0 Å². The van der Waals surface area contributed by atoms with Crippen LogP contribution in [-0.2, 0) is 0 Å². The van der Waals surface area contributed by atoms with E-state index in [1.807, 2.05) is 0 Å². The van der Waals surface area contributed by atoms with Crippen LogP contribution in [0.15, 0.2) is 23.3 Å². The monoisotopic (exact) mass is 132 g/mol. The van der Waals surface area contributed by atoms with Crippen LogP contribution in [0.25, 0.3) is 0 Å². The van der Waals surface area contributed by atoms with Crippen molar-refractivity contribution in [3.05, 3.63) is 23.3 Å². The van der Waals surface area contributed by atoms with Crippen LogP contribution in [0.2, 0.25) is 0 Å². The van der Waals surface area contributed by atoms with Gasteiger partial charge < -0.3 is 0 Å². The zero-order valence-corrected chi connectivity index (χ0v) is 5.83. The van der Waals surface area contributed by atoms with Gasteiger partial charge in [-0.2, -0.15) is 0 Å². The second kappa shape index (κ2) is 3.38. The van der Waals surface area contributed by atoms with Gasteiger partial charge in [0.1, 0.15) is 5.83 Å². The fraction of sp³-hybridized carbons (Fsp3) is 0.429. The Morgan fingerprint density at radius 2 is 1.56 bits per heavy atom. The molecule has 0 fully saturated rings. The molecule has 0 aliphatic rings. The standard InChI is InChI=1S/C7H10F2/c1-5(2)7(9)4-6(3)8/h4H,1-3H3. The van der Waals surface area contributed by atoms with E-state index >= 15 is 0 Å². The first-order valence-corrected chi connectivity index (χ1v) is 2.71. The maximum Gasteiger partial charge on any atom is 0.124 e. The molecule has 0 atom stereocenters. The molecule has 0 saturated heterocycles. The topological polar surface area (TPSA) is 0 Å². The van der Waals surface area contributed by atoms with Crippen molar-refractivity contribution in [2.45, 2.75) is 20.8 Å².